The van der Waals surface area contributed by atoms with Crippen molar-refractivity contribution in [3.63, 3.8) is 0 Å². The van der Waals surface area contributed by atoms with E-state index in [2.05, 4.69) is 53.7 Å². The molecule has 0 spiro atoms. The highest BCUT2D eigenvalue weighted by atomic mass is 127. The van der Waals surface area contributed by atoms with E-state index in [1.54, 1.807) is 7.11 Å². The zero-order valence-corrected chi connectivity index (χ0v) is 19.8. The molecule has 1 aliphatic carbocycles. The number of aryl methyl sites for hydroxylation is 1. The van der Waals surface area contributed by atoms with Crippen molar-refractivity contribution >= 4 is 40.8 Å². The van der Waals surface area contributed by atoms with Gasteiger partial charge in [0.05, 0.1) is 0 Å². The number of hydrogen-bond acceptors (Lipinski definition) is 2. The first-order valence-corrected chi connectivity index (χ1v) is 10.2. The Labute approximate surface area is 186 Å². The molecule has 0 bridgehead atoms. The van der Waals surface area contributed by atoms with Crippen LogP contribution >= 0.6 is 24.0 Å². The van der Waals surface area contributed by atoms with Gasteiger partial charge in [0.2, 0.25) is 0 Å². The number of rotatable bonds is 9. The summed E-state index contributed by atoms with van der Waals surface area (Å²) in [5.41, 5.74) is 4.22. The molecule has 1 aromatic carbocycles. The quantitative estimate of drug-likeness (QED) is 0.273. The maximum atomic E-state index is 5.30. The lowest BCUT2D eigenvalue weighted by molar-refractivity contribution is 0.0778. The van der Waals surface area contributed by atoms with Gasteiger partial charge in [0, 0.05) is 49.9 Å². The summed E-state index contributed by atoms with van der Waals surface area (Å²) in [6.07, 6.45) is 5.96. The minimum absolute atomic E-state index is 0. The van der Waals surface area contributed by atoms with E-state index >= 15 is 0 Å². The Morgan fingerprint density at radius 1 is 1.25 bits per heavy atom. The van der Waals surface area contributed by atoms with Gasteiger partial charge >= 0.3 is 0 Å². The van der Waals surface area contributed by atoms with Crippen molar-refractivity contribution in [2.75, 3.05) is 33.4 Å². The molecule has 1 fully saturated rings. The molecule has 1 saturated carbocycles. The van der Waals surface area contributed by atoms with Gasteiger partial charge in [-0.3, -0.25) is 4.99 Å². The van der Waals surface area contributed by atoms with E-state index in [1.165, 1.54) is 41.4 Å². The van der Waals surface area contributed by atoms with Gasteiger partial charge in [-0.05, 0) is 56.6 Å². The van der Waals surface area contributed by atoms with Crippen LogP contribution in [0.15, 0.2) is 29.3 Å². The number of para-hydroxylation sites is 1. The minimum atomic E-state index is 0. The number of nitrogens with zero attached hydrogens (tertiary/aromatic N) is 1. The van der Waals surface area contributed by atoms with Crippen LogP contribution in [0.3, 0.4) is 0 Å². The second-order valence-corrected chi connectivity index (χ2v) is 7.74. The van der Waals surface area contributed by atoms with E-state index in [9.17, 15) is 0 Å². The third kappa shape index (κ3) is 5.63. The average Bonchev–Trinajstić information content (AvgIpc) is 2.96. The SMILES string of the molecule is CCNC(=NCC1(CCOC)CCC1)NCCc1c(C)[nH]c2ccccc12.I. The molecule has 6 heteroatoms. The number of halogens is 1. The first-order valence-electron chi connectivity index (χ1n) is 10.2. The normalized spacial score (nSPS) is 15.8. The Hall–Kier alpha value is -1.28. The highest BCUT2D eigenvalue weighted by molar-refractivity contribution is 14.0. The van der Waals surface area contributed by atoms with E-state index in [0.717, 1.165) is 45.0 Å². The van der Waals surface area contributed by atoms with Gasteiger partial charge in [-0.2, -0.15) is 0 Å². The van der Waals surface area contributed by atoms with Crippen molar-refractivity contribution in [3.8, 4) is 0 Å². The van der Waals surface area contributed by atoms with Gasteiger partial charge in [0.25, 0.3) is 0 Å². The third-order valence-corrected chi connectivity index (χ3v) is 5.86. The Balaban J connectivity index is 0.00000280. The number of hydrogen-bond donors (Lipinski definition) is 3. The maximum Gasteiger partial charge on any atom is 0.191 e. The van der Waals surface area contributed by atoms with E-state index in [0.29, 0.717) is 5.41 Å². The topological polar surface area (TPSA) is 61.4 Å². The number of fused-ring (bicyclic) bond motifs is 1. The fourth-order valence-corrected chi connectivity index (χ4v) is 4.03. The van der Waals surface area contributed by atoms with E-state index in [4.69, 9.17) is 9.73 Å². The predicted octanol–water partition coefficient (Wildman–Crippen LogP) is 4.40. The molecule has 1 aliphatic rings. The number of aromatic nitrogens is 1. The molecule has 0 amide bonds. The lowest BCUT2D eigenvalue weighted by Gasteiger charge is -2.40. The second-order valence-electron chi connectivity index (χ2n) is 7.74. The molecule has 156 valence electrons. The van der Waals surface area contributed by atoms with Gasteiger partial charge in [0.15, 0.2) is 5.96 Å². The van der Waals surface area contributed by atoms with Gasteiger partial charge in [-0.25, -0.2) is 0 Å². The van der Waals surface area contributed by atoms with Crippen molar-refractivity contribution in [3.05, 3.63) is 35.5 Å². The molecule has 0 atom stereocenters. The zero-order valence-electron chi connectivity index (χ0n) is 17.4. The lowest BCUT2D eigenvalue weighted by atomic mass is 9.67. The summed E-state index contributed by atoms with van der Waals surface area (Å²) in [4.78, 5) is 8.38. The summed E-state index contributed by atoms with van der Waals surface area (Å²) >= 11 is 0. The molecule has 0 radical (unpaired) electrons. The van der Waals surface area contributed by atoms with Gasteiger partial charge in [-0.1, -0.05) is 24.6 Å². The van der Waals surface area contributed by atoms with Gasteiger partial charge in [-0.15, -0.1) is 24.0 Å². The highest BCUT2D eigenvalue weighted by Gasteiger charge is 2.36. The maximum absolute atomic E-state index is 5.30. The molecule has 1 heterocycles. The highest BCUT2D eigenvalue weighted by Crippen LogP contribution is 2.44. The van der Waals surface area contributed by atoms with Crippen LogP contribution in [0.5, 0.6) is 0 Å². The molecule has 0 aliphatic heterocycles. The van der Waals surface area contributed by atoms with Crippen molar-refractivity contribution in [2.45, 2.75) is 46.0 Å². The van der Waals surface area contributed by atoms with Crippen molar-refractivity contribution < 1.29 is 4.74 Å². The summed E-state index contributed by atoms with van der Waals surface area (Å²) in [7, 11) is 1.79. The molecular formula is C22H35IN4O. The molecule has 2 aromatic rings. The minimum Gasteiger partial charge on any atom is -0.385 e. The summed E-state index contributed by atoms with van der Waals surface area (Å²) in [5.74, 6) is 0.929. The molecule has 3 rings (SSSR count). The van der Waals surface area contributed by atoms with E-state index in [1.807, 2.05) is 0 Å². The van der Waals surface area contributed by atoms with Crippen LogP contribution in [-0.2, 0) is 11.2 Å². The molecule has 3 N–H and O–H groups in total. The summed E-state index contributed by atoms with van der Waals surface area (Å²) < 4.78 is 5.30. The van der Waals surface area contributed by atoms with Crippen LogP contribution in [0.2, 0.25) is 0 Å². The first-order chi connectivity index (χ1) is 13.2. The number of methoxy groups -OCH3 is 1. The van der Waals surface area contributed by atoms with E-state index < -0.39 is 0 Å². The molecule has 1 aromatic heterocycles. The molecule has 0 unspecified atom stereocenters. The van der Waals surface area contributed by atoms with Crippen LogP contribution in [0, 0.1) is 12.3 Å². The number of nitrogens with one attached hydrogen (secondary N) is 3. The fourth-order valence-electron chi connectivity index (χ4n) is 4.03. The third-order valence-electron chi connectivity index (χ3n) is 5.86. The molecule has 5 nitrogen and oxygen atoms in total. The van der Waals surface area contributed by atoms with Crippen LogP contribution in [0.1, 0.15) is 43.9 Å². The largest absolute Gasteiger partial charge is 0.385 e. The van der Waals surface area contributed by atoms with Crippen LogP contribution in [0.25, 0.3) is 10.9 Å². The van der Waals surface area contributed by atoms with Crippen LogP contribution < -0.4 is 10.6 Å². The van der Waals surface area contributed by atoms with Crippen molar-refractivity contribution in [2.24, 2.45) is 10.4 Å². The number of aromatic amines is 1. The smallest absolute Gasteiger partial charge is 0.191 e. The van der Waals surface area contributed by atoms with Crippen LogP contribution in [0.4, 0.5) is 0 Å². The average molecular weight is 498 g/mol. The summed E-state index contributed by atoms with van der Waals surface area (Å²) in [6.45, 7) is 7.75. The Kier molecular flexibility index (Phi) is 9.08. The molecule has 0 saturated heterocycles. The fraction of sp³-hybridized carbons (Fsp3) is 0.591. The standard InChI is InChI=1S/C22H34N4O.HI/c1-4-23-21(25-16-22(11-7-12-22)13-15-27-3)24-14-10-18-17(2)26-20-9-6-5-8-19(18)20;/h5-6,8-9,26H,4,7,10-16H2,1-3H3,(H2,23,24,25);1H. The monoisotopic (exact) mass is 498 g/mol. The first kappa shape index (κ1) is 23.0. The van der Waals surface area contributed by atoms with E-state index in [-0.39, 0.29) is 24.0 Å². The summed E-state index contributed by atoms with van der Waals surface area (Å²) in [5, 5.41) is 8.24. The Morgan fingerprint density at radius 2 is 2.04 bits per heavy atom. The van der Waals surface area contributed by atoms with Gasteiger partial charge in [0.1, 0.15) is 0 Å². The zero-order chi connectivity index (χ0) is 19.1. The lowest BCUT2D eigenvalue weighted by Crippen LogP contribution is -2.41. The van der Waals surface area contributed by atoms with Crippen molar-refractivity contribution in [1.29, 1.82) is 0 Å². The molecular weight excluding hydrogens is 463 g/mol. The number of H-pyrrole nitrogens is 1. The van der Waals surface area contributed by atoms with Crippen molar-refractivity contribution in [1.82, 2.24) is 15.6 Å². The predicted molar refractivity (Wildman–Crippen MR) is 129 cm³/mol. The number of benzene rings is 1. The number of aliphatic imine (C=N–C) groups is 1. The Morgan fingerprint density at radius 3 is 2.71 bits per heavy atom. The number of ether oxygens (including phenoxy) is 1. The Bertz CT molecular complexity index is 767. The van der Waals surface area contributed by atoms with Crippen LogP contribution in [-0.4, -0.2) is 44.3 Å². The number of guanidine groups is 1. The summed E-state index contributed by atoms with van der Waals surface area (Å²) in [6, 6.07) is 8.53. The van der Waals surface area contributed by atoms with Gasteiger partial charge < -0.3 is 20.4 Å². The molecule has 28 heavy (non-hydrogen) atoms. The second kappa shape index (κ2) is 11.0.